The van der Waals surface area contributed by atoms with Crippen molar-refractivity contribution in [1.82, 2.24) is 4.90 Å². The van der Waals surface area contributed by atoms with E-state index in [4.69, 9.17) is 0 Å². The maximum absolute atomic E-state index is 12.6. The SMILES string of the molecule is CN(Cc1cccc(C(F)(F)F)c1)CC1CC(Br)C1. The Kier molecular flexibility index (Phi) is 4.56. The molecule has 1 aromatic carbocycles. The van der Waals surface area contributed by atoms with E-state index in [1.807, 2.05) is 7.05 Å². The fourth-order valence-electron chi connectivity index (χ4n) is 2.47. The molecule has 0 bridgehead atoms. The van der Waals surface area contributed by atoms with Gasteiger partial charge in [0.25, 0.3) is 0 Å². The lowest BCUT2D eigenvalue weighted by Crippen LogP contribution is -2.34. The van der Waals surface area contributed by atoms with Crippen molar-refractivity contribution in [2.45, 2.75) is 30.4 Å². The van der Waals surface area contributed by atoms with Crippen LogP contribution in [-0.2, 0) is 12.7 Å². The lowest BCUT2D eigenvalue weighted by atomic mass is 9.85. The average molecular weight is 336 g/mol. The Morgan fingerprint density at radius 1 is 1.32 bits per heavy atom. The number of benzene rings is 1. The number of nitrogens with zero attached hydrogens (tertiary/aromatic N) is 1. The first-order valence-corrected chi connectivity index (χ1v) is 7.25. The summed E-state index contributed by atoms with van der Waals surface area (Å²) in [7, 11) is 1.96. The van der Waals surface area contributed by atoms with Crippen LogP contribution >= 0.6 is 15.9 Å². The van der Waals surface area contributed by atoms with Crippen molar-refractivity contribution in [2.24, 2.45) is 5.92 Å². The third-order valence-electron chi connectivity index (χ3n) is 3.45. The molecule has 0 unspecified atom stereocenters. The molecule has 0 N–H and O–H groups in total. The zero-order valence-corrected chi connectivity index (χ0v) is 12.3. The summed E-state index contributed by atoms with van der Waals surface area (Å²) >= 11 is 3.55. The zero-order valence-electron chi connectivity index (χ0n) is 10.8. The first-order chi connectivity index (χ1) is 8.84. The van der Waals surface area contributed by atoms with Gasteiger partial charge in [-0.2, -0.15) is 13.2 Å². The standard InChI is InChI=1S/C14H17BrF3N/c1-19(9-11-6-13(15)7-11)8-10-3-2-4-12(5-10)14(16,17)18/h2-5,11,13H,6-9H2,1H3. The van der Waals surface area contributed by atoms with Gasteiger partial charge in [0.15, 0.2) is 0 Å². The van der Waals surface area contributed by atoms with E-state index in [-0.39, 0.29) is 0 Å². The molecule has 2 rings (SSSR count). The number of halogens is 4. The van der Waals surface area contributed by atoms with Gasteiger partial charge in [0, 0.05) is 17.9 Å². The number of hydrogen-bond acceptors (Lipinski definition) is 1. The Morgan fingerprint density at radius 3 is 2.58 bits per heavy atom. The van der Waals surface area contributed by atoms with Gasteiger partial charge in [-0.1, -0.05) is 34.1 Å². The molecule has 106 valence electrons. The fourth-order valence-corrected chi connectivity index (χ4v) is 3.52. The van der Waals surface area contributed by atoms with Gasteiger partial charge in [-0.3, -0.25) is 0 Å². The van der Waals surface area contributed by atoms with E-state index in [1.165, 1.54) is 12.1 Å². The van der Waals surface area contributed by atoms with Gasteiger partial charge in [0.05, 0.1) is 5.56 Å². The van der Waals surface area contributed by atoms with Crippen LogP contribution in [0.1, 0.15) is 24.0 Å². The smallest absolute Gasteiger partial charge is 0.302 e. The molecular formula is C14H17BrF3N. The van der Waals surface area contributed by atoms with Crippen molar-refractivity contribution in [3.8, 4) is 0 Å². The zero-order chi connectivity index (χ0) is 14.0. The average Bonchev–Trinajstić information content (AvgIpc) is 2.26. The summed E-state index contributed by atoms with van der Waals surface area (Å²) in [5, 5.41) is 0. The summed E-state index contributed by atoms with van der Waals surface area (Å²) in [4.78, 5) is 2.72. The molecule has 5 heteroatoms. The first kappa shape index (κ1) is 14.9. The largest absolute Gasteiger partial charge is 0.416 e. The van der Waals surface area contributed by atoms with Gasteiger partial charge in [0.2, 0.25) is 0 Å². The van der Waals surface area contributed by atoms with E-state index < -0.39 is 11.7 Å². The summed E-state index contributed by atoms with van der Waals surface area (Å²) in [6.07, 6.45) is -1.94. The van der Waals surface area contributed by atoms with Crippen molar-refractivity contribution < 1.29 is 13.2 Å². The second kappa shape index (κ2) is 5.83. The first-order valence-electron chi connectivity index (χ1n) is 6.33. The molecule has 0 amide bonds. The Bertz CT molecular complexity index is 427. The summed E-state index contributed by atoms with van der Waals surface area (Å²) in [6.45, 7) is 1.51. The summed E-state index contributed by atoms with van der Waals surface area (Å²) in [6, 6.07) is 5.58. The number of alkyl halides is 4. The molecule has 0 aromatic heterocycles. The van der Waals surface area contributed by atoms with E-state index in [2.05, 4.69) is 20.8 Å². The van der Waals surface area contributed by atoms with Gasteiger partial charge in [-0.15, -0.1) is 0 Å². The third kappa shape index (κ3) is 4.21. The summed E-state index contributed by atoms with van der Waals surface area (Å²) in [5.41, 5.74) is 0.148. The third-order valence-corrected chi connectivity index (χ3v) is 4.20. The Labute approximate surface area is 119 Å². The molecule has 1 aromatic rings. The highest BCUT2D eigenvalue weighted by Crippen LogP contribution is 2.34. The minimum atomic E-state index is -4.26. The lowest BCUT2D eigenvalue weighted by molar-refractivity contribution is -0.137. The monoisotopic (exact) mass is 335 g/mol. The highest BCUT2D eigenvalue weighted by molar-refractivity contribution is 9.09. The lowest BCUT2D eigenvalue weighted by Gasteiger charge is -2.34. The van der Waals surface area contributed by atoms with Crippen molar-refractivity contribution in [2.75, 3.05) is 13.6 Å². The van der Waals surface area contributed by atoms with E-state index in [9.17, 15) is 13.2 Å². The molecule has 1 nitrogen and oxygen atoms in total. The molecule has 0 radical (unpaired) electrons. The van der Waals surface area contributed by atoms with Crippen molar-refractivity contribution in [3.05, 3.63) is 35.4 Å². The number of hydrogen-bond donors (Lipinski definition) is 0. The quantitative estimate of drug-likeness (QED) is 0.741. The molecule has 1 saturated carbocycles. The minimum Gasteiger partial charge on any atom is -0.302 e. The van der Waals surface area contributed by atoms with E-state index in [1.54, 1.807) is 6.07 Å². The molecule has 0 heterocycles. The van der Waals surface area contributed by atoms with Gasteiger partial charge in [0.1, 0.15) is 0 Å². The predicted octanol–water partition coefficient (Wildman–Crippen LogP) is 4.31. The maximum atomic E-state index is 12.6. The van der Waals surface area contributed by atoms with Crippen LogP contribution in [0.2, 0.25) is 0 Å². The maximum Gasteiger partial charge on any atom is 0.416 e. The van der Waals surface area contributed by atoms with Crippen LogP contribution in [0.3, 0.4) is 0 Å². The van der Waals surface area contributed by atoms with E-state index in [0.717, 1.165) is 25.5 Å². The second-order valence-electron chi connectivity index (χ2n) is 5.33. The van der Waals surface area contributed by atoms with Crippen molar-refractivity contribution >= 4 is 15.9 Å². The van der Waals surface area contributed by atoms with Gasteiger partial charge in [-0.05, 0) is 37.4 Å². The Hall–Kier alpha value is -0.550. The van der Waals surface area contributed by atoms with Crippen LogP contribution in [0.5, 0.6) is 0 Å². The summed E-state index contributed by atoms with van der Waals surface area (Å²) < 4.78 is 37.8. The van der Waals surface area contributed by atoms with Crippen LogP contribution in [-0.4, -0.2) is 23.3 Å². The molecule has 0 atom stereocenters. The fraction of sp³-hybridized carbons (Fsp3) is 0.571. The topological polar surface area (TPSA) is 3.24 Å². The van der Waals surface area contributed by atoms with Crippen LogP contribution < -0.4 is 0 Å². The minimum absolute atomic E-state index is 0.563. The van der Waals surface area contributed by atoms with Gasteiger partial charge < -0.3 is 4.90 Å². The van der Waals surface area contributed by atoms with Crippen molar-refractivity contribution in [1.29, 1.82) is 0 Å². The Morgan fingerprint density at radius 2 is 2.00 bits per heavy atom. The van der Waals surface area contributed by atoms with Gasteiger partial charge >= 0.3 is 6.18 Å². The molecular weight excluding hydrogens is 319 g/mol. The van der Waals surface area contributed by atoms with Crippen LogP contribution in [0.4, 0.5) is 13.2 Å². The van der Waals surface area contributed by atoms with E-state index >= 15 is 0 Å². The van der Waals surface area contributed by atoms with Crippen LogP contribution in [0.15, 0.2) is 24.3 Å². The highest BCUT2D eigenvalue weighted by atomic mass is 79.9. The predicted molar refractivity (Wildman–Crippen MR) is 73.2 cm³/mol. The number of rotatable bonds is 4. The van der Waals surface area contributed by atoms with Gasteiger partial charge in [-0.25, -0.2) is 0 Å². The molecule has 19 heavy (non-hydrogen) atoms. The van der Waals surface area contributed by atoms with Crippen molar-refractivity contribution in [3.63, 3.8) is 0 Å². The summed E-state index contributed by atoms with van der Waals surface area (Å²) in [5.74, 6) is 0.667. The molecule has 0 aliphatic heterocycles. The Balaban J connectivity index is 1.91. The van der Waals surface area contributed by atoms with E-state index in [0.29, 0.717) is 22.9 Å². The van der Waals surface area contributed by atoms with Crippen LogP contribution in [0.25, 0.3) is 0 Å². The molecule has 1 aliphatic carbocycles. The molecule has 1 fully saturated rings. The second-order valence-corrected chi connectivity index (χ2v) is 6.62. The van der Waals surface area contributed by atoms with Crippen LogP contribution in [0, 0.1) is 5.92 Å². The normalized spacial score (nSPS) is 23.5. The highest BCUT2D eigenvalue weighted by Gasteiger charge is 2.30. The molecule has 0 saturated heterocycles. The molecule has 1 aliphatic rings. The molecule has 0 spiro atoms.